The first-order valence-electron chi connectivity index (χ1n) is 10.6. The van der Waals surface area contributed by atoms with Crippen LogP contribution in [-0.2, 0) is 32.0 Å². The SMILES string of the molecule is CC(C)C(N)C(=O)NC(CO)C(=O)NC(Cc1cnc[nH]1)C(=O)NC(Cc1cnc[nH]1)C(=O)O. The lowest BCUT2D eigenvalue weighted by Gasteiger charge is -2.24. The summed E-state index contributed by atoms with van der Waals surface area (Å²) in [4.78, 5) is 62.9. The smallest absolute Gasteiger partial charge is 0.326 e. The zero-order valence-corrected chi connectivity index (χ0v) is 18.8. The largest absolute Gasteiger partial charge is 0.480 e. The number of rotatable bonds is 13. The molecule has 0 fully saturated rings. The van der Waals surface area contributed by atoms with E-state index in [0.29, 0.717) is 11.4 Å². The molecule has 9 N–H and O–H groups in total. The number of nitrogens with zero attached hydrogens (tertiary/aromatic N) is 2. The molecule has 14 heteroatoms. The number of aliphatic carboxylic acids is 1. The monoisotopic (exact) mass is 478 g/mol. The maximum Gasteiger partial charge on any atom is 0.326 e. The molecule has 0 aliphatic heterocycles. The first kappa shape index (κ1) is 26.5. The third-order valence-electron chi connectivity index (χ3n) is 5.04. The average molecular weight is 479 g/mol. The van der Waals surface area contributed by atoms with Crippen LogP contribution in [0, 0.1) is 5.92 Å². The van der Waals surface area contributed by atoms with Crippen molar-refractivity contribution in [2.75, 3.05) is 6.61 Å². The Labute approximate surface area is 195 Å². The topological polar surface area (TPSA) is 228 Å². The van der Waals surface area contributed by atoms with Crippen molar-refractivity contribution >= 4 is 23.7 Å². The van der Waals surface area contributed by atoms with E-state index in [-0.39, 0.29) is 18.8 Å². The zero-order valence-electron chi connectivity index (χ0n) is 18.8. The van der Waals surface area contributed by atoms with Gasteiger partial charge in [-0.05, 0) is 5.92 Å². The summed E-state index contributed by atoms with van der Waals surface area (Å²) in [5, 5.41) is 26.3. The van der Waals surface area contributed by atoms with Crippen molar-refractivity contribution in [1.29, 1.82) is 0 Å². The molecule has 0 bridgehead atoms. The fraction of sp³-hybridized carbons (Fsp3) is 0.500. The van der Waals surface area contributed by atoms with E-state index in [1.807, 2.05) is 0 Å². The molecular weight excluding hydrogens is 448 g/mol. The van der Waals surface area contributed by atoms with Crippen molar-refractivity contribution in [3.8, 4) is 0 Å². The van der Waals surface area contributed by atoms with Crippen LogP contribution < -0.4 is 21.7 Å². The highest BCUT2D eigenvalue weighted by Crippen LogP contribution is 2.04. The number of imidazole rings is 2. The first-order chi connectivity index (χ1) is 16.1. The molecule has 0 aliphatic carbocycles. The molecule has 4 unspecified atom stereocenters. The van der Waals surface area contributed by atoms with E-state index < -0.39 is 54.5 Å². The highest BCUT2D eigenvalue weighted by atomic mass is 16.4. The Hall–Kier alpha value is -3.78. The van der Waals surface area contributed by atoms with Gasteiger partial charge in [0, 0.05) is 36.6 Å². The van der Waals surface area contributed by atoms with E-state index in [9.17, 15) is 29.4 Å². The number of carbonyl (C=O) groups is 4. The number of nitrogens with two attached hydrogens (primary N) is 1. The fourth-order valence-electron chi connectivity index (χ4n) is 2.95. The van der Waals surface area contributed by atoms with Crippen LogP contribution in [0.3, 0.4) is 0 Å². The average Bonchev–Trinajstić information content (AvgIpc) is 3.49. The van der Waals surface area contributed by atoms with Gasteiger partial charge in [-0.3, -0.25) is 14.4 Å². The molecule has 0 saturated heterocycles. The Balaban J connectivity index is 2.13. The molecule has 0 spiro atoms. The summed E-state index contributed by atoms with van der Waals surface area (Å²) in [6, 6.07) is -4.80. The van der Waals surface area contributed by atoms with Crippen LogP contribution in [0.2, 0.25) is 0 Å². The van der Waals surface area contributed by atoms with Gasteiger partial charge in [0.25, 0.3) is 0 Å². The number of aromatic nitrogens is 4. The predicted octanol–water partition coefficient (Wildman–Crippen LogP) is -2.57. The lowest BCUT2D eigenvalue weighted by molar-refractivity contribution is -0.142. The molecule has 0 saturated carbocycles. The highest BCUT2D eigenvalue weighted by Gasteiger charge is 2.31. The van der Waals surface area contributed by atoms with Crippen LogP contribution in [0.5, 0.6) is 0 Å². The fourth-order valence-corrected chi connectivity index (χ4v) is 2.95. The van der Waals surface area contributed by atoms with E-state index in [0.717, 1.165) is 0 Å². The van der Waals surface area contributed by atoms with Gasteiger partial charge in [0.1, 0.15) is 18.1 Å². The van der Waals surface area contributed by atoms with Crippen molar-refractivity contribution in [2.24, 2.45) is 11.7 Å². The Morgan fingerprint density at radius 2 is 1.35 bits per heavy atom. The summed E-state index contributed by atoms with van der Waals surface area (Å²) >= 11 is 0. The summed E-state index contributed by atoms with van der Waals surface area (Å²) in [6.07, 6.45) is 5.53. The minimum absolute atomic E-state index is 0.0500. The van der Waals surface area contributed by atoms with Gasteiger partial charge in [0.05, 0.1) is 25.3 Å². The Bertz CT molecular complexity index is 946. The van der Waals surface area contributed by atoms with Gasteiger partial charge in [-0.25, -0.2) is 14.8 Å². The molecule has 2 aromatic rings. The second-order valence-electron chi connectivity index (χ2n) is 8.04. The van der Waals surface area contributed by atoms with Crippen molar-refractivity contribution in [3.05, 3.63) is 36.4 Å². The van der Waals surface area contributed by atoms with Crippen LogP contribution in [0.25, 0.3) is 0 Å². The molecule has 34 heavy (non-hydrogen) atoms. The van der Waals surface area contributed by atoms with Gasteiger partial charge < -0.3 is 41.9 Å². The molecule has 186 valence electrons. The van der Waals surface area contributed by atoms with Crippen molar-refractivity contribution < 1.29 is 29.4 Å². The summed E-state index contributed by atoms with van der Waals surface area (Å²) < 4.78 is 0. The molecule has 4 atom stereocenters. The van der Waals surface area contributed by atoms with Gasteiger partial charge >= 0.3 is 5.97 Å². The maximum absolute atomic E-state index is 13.0. The molecule has 3 amide bonds. The lowest BCUT2D eigenvalue weighted by atomic mass is 10.0. The quantitative estimate of drug-likeness (QED) is 0.151. The number of aliphatic hydroxyl groups is 1. The zero-order chi connectivity index (χ0) is 25.3. The van der Waals surface area contributed by atoms with Crippen LogP contribution in [-0.4, -0.2) is 84.6 Å². The van der Waals surface area contributed by atoms with Gasteiger partial charge in [0.2, 0.25) is 17.7 Å². The number of carboxylic acid groups (broad SMARTS) is 1. The summed E-state index contributed by atoms with van der Waals surface area (Å²) in [5.74, 6) is -3.74. The normalized spacial score (nSPS) is 14.6. The molecule has 0 radical (unpaired) electrons. The predicted molar refractivity (Wildman–Crippen MR) is 118 cm³/mol. The number of hydrogen-bond donors (Lipinski definition) is 8. The van der Waals surface area contributed by atoms with Crippen molar-refractivity contribution in [2.45, 2.75) is 50.9 Å². The molecule has 0 aliphatic rings. The highest BCUT2D eigenvalue weighted by molar-refractivity contribution is 5.94. The van der Waals surface area contributed by atoms with E-state index in [1.165, 1.54) is 25.0 Å². The molecule has 14 nitrogen and oxygen atoms in total. The number of hydrogen-bond acceptors (Lipinski definition) is 8. The number of carbonyl (C=O) groups excluding carboxylic acids is 3. The first-order valence-corrected chi connectivity index (χ1v) is 10.6. The molecule has 2 heterocycles. The molecule has 2 rings (SSSR count). The molecule has 0 aromatic carbocycles. The van der Waals surface area contributed by atoms with Gasteiger partial charge in [-0.2, -0.15) is 0 Å². The Kier molecular flexibility index (Phi) is 9.70. The van der Waals surface area contributed by atoms with Crippen molar-refractivity contribution in [3.63, 3.8) is 0 Å². The van der Waals surface area contributed by atoms with Gasteiger partial charge in [0.15, 0.2) is 0 Å². The summed E-state index contributed by atoms with van der Waals surface area (Å²) in [6.45, 7) is 2.72. The second-order valence-corrected chi connectivity index (χ2v) is 8.04. The minimum Gasteiger partial charge on any atom is -0.480 e. The van der Waals surface area contributed by atoms with E-state index in [2.05, 4.69) is 35.9 Å². The Morgan fingerprint density at radius 3 is 1.79 bits per heavy atom. The van der Waals surface area contributed by atoms with Crippen LogP contribution in [0.1, 0.15) is 25.2 Å². The van der Waals surface area contributed by atoms with Gasteiger partial charge in [-0.15, -0.1) is 0 Å². The minimum atomic E-state index is -1.37. The molecule has 2 aromatic heterocycles. The number of aliphatic hydroxyl groups excluding tert-OH is 1. The van der Waals surface area contributed by atoms with Crippen LogP contribution >= 0.6 is 0 Å². The number of H-pyrrole nitrogens is 2. The number of nitrogens with one attached hydrogen (secondary N) is 5. The number of aromatic amines is 2. The summed E-state index contributed by atoms with van der Waals surface area (Å²) in [5.41, 5.74) is 6.76. The van der Waals surface area contributed by atoms with Crippen LogP contribution in [0.4, 0.5) is 0 Å². The lowest BCUT2D eigenvalue weighted by Crippen LogP contribution is -2.59. The third-order valence-corrected chi connectivity index (χ3v) is 5.04. The second kappa shape index (κ2) is 12.5. The van der Waals surface area contributed by atoms with Crippen LogP contribution in [0.15, 0.2) is 25.0 Å². The van der Waals surface area contributed by atoms with Crippen molar-refractivity contribution in [1.82, 2.24) is 35.9 Å². The Morgan fingerprint density at radius 1 is 0.882 bits per heavy atom. The standard InChI is InChI=1S/C20H30N8O6/c1-10(2)16(21)19(32)28-15(7-29)18(31)26-13(3-11-5-22-8-24-11)17(30)27-14(20(33)34)4-12-6-23-9-25-12/h5-6,8-10,13-16,29H,3-4,7,21H2,1-2H3,(H,22,24)(H,23,25)(H,26,31)(H,27,30)(H,28,32)(H,33,34). The van der Waals surface area contributed by atoms with E-state index in [1.54, 1.807) is 13.8 Å². The molecular formula is C20H30N8O6. The number of carboxylic acids is 1. The summed E-state index contributed by atoms with van der Waals surface area (Å²) in [7, 11) is 0. The van der Waals surface area contributed by atoms with E-state index >= 15 is 0 Å². The van der Waals surface area contributed by atoms with E-state index in [4.69, 9.17) is 5.73 Å². The maximum atomic E-state index is 13.0. The third kappa shape index (κ3) is 7.67. The van der Waals surface area contributed by atoms with Gasteiger partial charge in [-0.1, -0.05) is 13.8 Å². The number of amides is 3.